The monoisotopic (exact) mass is 177 g/mol. The smallest absolute Gasteiger partial charge is 0.330 e. The van der Waals surface area contributed by atoms with Gasteiger partial charge in [0.15, 0.2) is 5.75 Å². The number of esters is 1. The number of hydrogen-bond acceptors (Lipinski definition) is 2. The molecule has 0 fully saturated rings. The highest BCUT2D eigenvalue weighted by Crippen LogP contribution is 2.17. The van der Waals surface area contributed by atoms with Gasteiger partial charge in [-0.05, 0) is 6.07 Å². The number of hydrogen-bond donors (Lipinski definition) is 0. The molecule has 0 aliphatic carbocycles. The molecule has 3 heteroatoms. The Bertz CT molecular complexity index is 318. The van der Waals surface area contributed by atoms with Crippen LogP contribution in [-0.4, -0.2) is 5.97 Å². The van der Waals surface area contributed by atoms with Crippen LogP contribution >= 0.6 is 0 Å². The van der Waals surface area contributed by atoms with Crippen molar-refractivity contribution in [3.63, 3.8) is 0 Å². The third-order valence-corrected chi connectivity index (χ3v) is 1.51. The Balaban J connectivity index is 2.59. The topological polar surface area (TPSA) is 46.2 Å². The second-order valence-corrected chi connectivity index (χ2v) is 2.42. The van der Waals surface area contributed by atoms with Crippen LogP contribution < -0.4 is 0 Å². The number of rotatable bonds is 3. The standard InChI is InChI=1S/C10H9O3/c1-2-10(12)13-7-8-5-3-4-6-9(8)11/h2-6H,1,7H2. The molecule has 0 aliphatic rings. The highest BCUT2D eigenvalue weighted by atomic mass is 16.5. The number of benzene rings is 1. The average molecular weight is 177 g/mol. The lowest BCUT2D eigenvalue weighted by atomic mass is 10.2. The van der Waals surface area contributed by atoms with E-state index in [-0.39, 0.29) is 12.4 Å². The molecule has 0 heterocycles. The highest BCUT2D eigenvalue weighted by molar-refractivity contribution is 5.81. The van der Waals surface area contributed by atoms with E-state index in [1.807, 2.05) is 0 Å². The van der Waals surface area contributed by atoms with E-state index in [9.17, 15) is 9.90 Å². The molecule has 0 spiro atoms. The lowest BCUT2D eigenvalue weighted by molar-refractivity contribution is -0.139. The summed E-state index contributed by atoms with van der Waals surface area (Å²) in [6.07, 6.45) is 1.06. The fourth-order valence-corrected chi connectivity index (χ4v) is 0.831. The van der Waals surface area contributed by atoms with Crippen molar-refractivity contribution in [3.8, 4) is 5.75 Å². The molecule has 1 rings (SSSR count). The van der Waals surface area contributed by atoms with Gasteiger partial charge in [0.1, 0.15) is 6.61 Å². The molecule has 1 aromatic rings. The zero-order valence-corrected chi connectivity index (χ0v) is 7.03. The quantitative estimate of drug-likeness (QED) is 0.524. The lowest BCUT2D eigenvalue weighted by Crippen LogP contribution is -1.99. The minimum atomic E-state index is -0.525. The van der Waals surface area contributed by atoms with Crippen molar-refractivity contribution in [2.24, 2.45) is 0 Å². The van der Waals surface area contributed by atoms with Crippen LogP contribution in [0.1, 0.15) is 5.56 Å². The highest BCUT2D eigenvalue weighted by Gasteiger charge is 2.03. The van der Waals surface area contributed by atoms with E-state index < -0.39 is 5.97 Å². The summed E-state index contributed by atoms with van der Waals surface area (Å²) in [5.41, 5.74) is 0.470. The fraction of sp³-hybridized carbons (Fsp3) is 0.100. The van der Waals surface area contributed by atoms with Gasteiger partial charge in [0.05, 0.1) is 0 Å². The van der Waals surface area contributed by atoms with Crippen molar-refractivity contribution >= 4 is 5.97 Å². The van der Waals surface area contributed by atoms with Crippen molar-refractivity contribution in [3.05, 3.63) is 42.5 Å². The van der Waals surface area contributed by atoms with E-state index in [0.717, 1.165) is 6.08 Å². The predicted molar refractivity (Wildman–Crippen MR) is 46.6 cm³/mol. The SMILES string of the molecule is C=CC(=O)OCc1ccccc1[O]. The number of carbonyl (C=O) groups excluding carboxylic acids is 1. The van der Waals surface area contributed by atoms with Gasteiger partial charge in [0, 0.05) is 11.6 Å². The molecule has 0 atom stereocenters. The molecule has 0 saturated heterocycles. The molecule has 0 amide bonds. The fourth-order valence-electron chi connectivity index (χ4n) is 0.831. The molecule has 0 N–H and O–H groups in total. The van der Waals surface area contributed by atoms with Gasteiger partial charge in [0.2, 0.25) is 0 Å². The summed E-state index contributed by atoms with van der Waals surface area (Å²) in [4.78, 5) is 10.7. The summed E-state index contributed by atoms with van der Waals surface area (Å²) < 4.78 is 4.70. The van der Waals surface area contributed by atoms with Crippen molar-refractivity contribution < 1.29 is 14.6 Å². The molecule has 13 heavy (non-hydrogen) atoms. The third-order valence-electron chi connectivity index (χ3n) is 1.51. The molecular formula is C10H9O3. The van der Waals surface area contributed by atoms with Crippen LogP contribution in [0.15, 0.2) is 36.9 Å². The van der Waals surface area contributed by atoms with E-state index in [4.69, 9.17) is 4.74 Å². The summed E-state index contributed by atoms with van der Waals surface area (Å²) in [5.74, 6) is -0.650. The van der Waals surface area contributed by atoms with E-state index >= 15 is 0 Å². The van der Waals surface area contributed by atoms with Gasteiger partial charge in [-0.2, -0.15) is 0 Å². The zero-order chi connectivity index (χ0) is 9.68. The number of carbonyl (C=O) groups is 1. The van der Waals surface area contributed by atoms with Crippen molar-refractivity contribution in [1.82, 2.24) is 0 Å². The van der Waals surface area contributed by atoms with E-state index in [0.29, 0.717) is 5.56 Å². The van der Waals surface area contributed by atoms with Crippen molar-refractivity contribution in [1.29, 1.82) is 0 Å². The Morgan fingerprint density at radius 1 is 1.46 bits per heavy atom. The summed E-state index contributed by atoms with van der Waals surface area (Å²) in [5, 5.41) is 11.1. The van der Waals surface area contributed by atoms with Gasteiger partial charge in [-0.25, -0.2) is 4.79 Å². The van der Waals surface area contributed by atoms with Crippen LogP contribution in [0.4, 0.5) is 0 Å². The first-order valence-electron chi connectivity index (χ1n) is 3.78. The lowest BCUT2D eigenvalue weighted by Gasteiger charge is -2.01. The van der Waals surface area contributed by atoms with Crippen molar-refractivity contribution in [2.45, 2.75) is 6.61 Å². The normalized spacial score (nSPS) is 9.23. The molecule has 3 nitrogen and oxygen atoms in total. The van der Waals surface area contributed by atoms with Gasteiger partial charge < -0.3 is 4.74 Å². The van der Waals surface area contributed by atoms with Gasteiger partial charge in [-0.3, -0.25) is 5.11 Å². The van der Waals surface area contributed by atoms with Crippen LogP contribution in [0.5, 0.6) is 5.75 Å². The summed E-state index contributed by atoms with van der Waals surface area (Å²) in [6.45, 7) is 3.25. The van der Waals surface area contributed by atoms with E-state index in [1.165, 1.54) is 6.07 Å². The van der Waals surface area contributed by atoms with Crippen LogP contribution in [-0.2, 0) is 21.2 Å². The zero-order valence-electron chi connectivity index (χ0n) is 7.03. The Morgan fingerprint density at radius 3 is 2.77 bits per heavy atom. The van der Waals surface area contributed by atoms with Gasteiger partial charge in [0.25, 0.3) is 0 Å². The van der Waals surface area contributed by atoms with E-state index in [1.54, 1.807) is 18.2 Å². The van der Waals surface area contributed by atoms with E-state index in [2.05, 4.69) is 6.58 Å². The second kappa shape index (κ2) is 4.30. The second-order valence-electron chi connectivity index (χ2n) is 2.42. The van der Waals surface area contributed by atoms with Crippen molar-refractivity contribution in [2.75, 3.05) is 0 Å². The third kappa shape index (κ3) is 2.63. The summed E-state index contributed by atoms with van der Waals surface area (Å²) in [6, 6.07) is 6.41. The molecule has 0 unspecified atom stereocenters. The first-order chi connectivity index (χ1) is 6.24. The first-order valence-corrected chi connectivity index (χ1v) is 3.78. The number of para-hydroxylation sites is 1. The van der Waals surface area contributed by atoms with Crippen LogP contribution in [0.3, 0.4) is 0 Å². The summed E-state index contributed by atoms with van der Waals surface area (Å²) >= 11 is 0. The summed E-state index contributed by atoms with van der Waals surface area (Å²) in [7, 11) is 0. The molecule has 0 aromatic heterocycles. The van der Waals surface area contributed by atoms with Gasteiger partial charge in [-0.1, -0.05) is 24.8 Å². The Labute approximate surface area is 76.3 Å². The minimum absolute atomic E-state index is 0.00449. The van der Waals surface area contributed by atoms with Gasteiger partial charge >= 0.3 is 5.97 Å². The van der Waals surface area contributed by atoms with Gasteiger partial charge in [-0.15, -0.1) is 0 Å². The maximum atomic E-state index is 11.1. The Hall–Kier alpha value is -1.77. The molecule has 0 bridgehead atoms. The predicted octanol–water partition coefficient (Wildman–Crippen LogP) is 2.06. The first kappa shape index (κ1) is 9.32. The molecular weight excluding hydrogens is 168 g/mol. The maximum Gasteiger partial charge on any atom is 0.330 e. The maximum absolute atomic E-state index is 11.1. The Kier molecular flexibility index (Phi) is 3.09. The molecule has 1 radical (unpaired) electrons. The minimum Gasteiger partial charge on any atom is -0.458 e. The van der Waals surface area contributed by atoms with Crippen LogP contribution in [0.2, 0.25) is 0 Å². The largest absolute Gasteiger partial charge is 0.458 e. The van der Waals surface area contributed by atoms with Crippen LogP contribution in [0, 0.1) is 0 Å². The average Bonchev–Trinajstić information content (AvgIpc) is 2.16. The Morgan fingerprint density at radius 2 is 2.15 bits per heavy atom. The molecule has 67 valence electrons. The molecule has 0 aliphatic heterocycles. The molecule has 0 saturated carbocycles. The number of ether oxygens (including phenoxy) is 1. The van der Waals surface area contributed by atoms with Crippen LogP contribution in [0.25, 0.3) is 0 Å². The molecule has 1 aromatic carbocycles.